The van der Waals surface area contributed by atoms with E-state index in [2.05, 4.69) is 15.3 Å². The number of carbonyl (C=O) groups excluding carboxylic acids is 1. The van der Waals surface area contributed by atoms with Gasteiger partial charge in [-0.05, 0) is 18.4 Å². The molecule has 82 valence electrons. The number of amides is 1. The Morgan fingerprint density at radius 1 is 1.50 bits per heavy atom. The Kier molecular flexibility index (Phi) is 3.26. The molecular formula is C11H11N3OS. The molecule has 1 amide bonds. The maximum absolute atomic E-state index is 11.7. The second-order valence-electron chi connectivity index (χ2n) is 3.30. The quantitative estimate of drug-likeness (QED) is 0.882. The molecule has 2 rings (SSSR count). The SMILES string of the molecule is CC(NC(=O)c1cnccn1)c1cccs1. The summed E-state index contributed by atoms with van der Waals surface area (Å²) in [6.45, 7) is 1.94. The van der Waals surface area contributed by atoms with Crippen molar-refractivity contribution in [3.05, 3.63) is 46.7 Å². The fourth-order valence-corrected chi connectivity index (χ4v) is 2.03. The molecule has 0 saturated heterocycles. The Bertz CT molecular complexity index is 455. The van der Waals surface area contributed by atoms with Gasteiger partial charge >= 0.3 is 0 Å². The maximum Gasteiger partial charge on any atom is 0.271 e. The molecule has 2 aromatic rings. The Balaban J connectivity index is 2.03. The van der Waals surface area contributed by atoms with Gasteiger partial charge in [0.2, 0.25) is 0 Å². The van der Waals surface area contributed by atoms with Crippen molar-refractivity contribution >= 4 is 17.2 Å². The van der Waals surface area contributed by atoms with Gasteiger partial charge in [-0.1, -0.05) is 6.07 Å². The lowest BCUT2D eigenvalue weighted by Crippen LogP contribution is -2.26. The van der Waals surface area contributed by atoms with Crippen LogP contribution in [-0.4, -0.2) is 15.9 Å². The number of hydrogen-bond donors (Lipinski definition) is 1. The van der Waals surface area contributed by atoms with Crippen molar-refractivity contribution in [2.75, 3.05) is 0 Å². The fourth-order valence-electron chi connectivity index (χ4n) is 1.30. The molecule has 0 saturated carbocycles. The third-order valence-electron chi connectivity index (χ3n) is 2.11. The lowest BCUT2D eigenvalue weighted by atomic mass is 10.2. The summed E-state index contributed by atoms with van der Waals surface area (Å²) in [6, 6.07) is 3.95. The molecule has 5 heteroatoms. The van der Waals surface area contributed by atoms with Crippen LogP contribution in [-0.2, 0) is 0 Å². The molecule has 1 unspecified atom stereocenters. The highest BCUT2D eigenvalue weighted by atomic mass is 32.1. The number of nitrogens with one attached hydrogen (secondary N) is 1. The summed E-state index contributed by atoms with van der Waals surface area (Å²) in [7, 11) is 0. The van der Waals surface area contributed by atoms with Gasteiger partial charge in [-0.15, -0.1) is 11.3 Å². The lowest BCUT2D eigenvalue weighted by molar-refractivity contribution is 0.0935. The first-order valence-corrected chi connectivity index (χ1v) is 5.75. The fraction of sp³-hybridized carbons (Fsp3) is 0.182. The highest BCUT2D eigenvalue weighted by Gasteiger charge is 2.12. The standard InChI is InChI=1S/C11H11N3OS/c1-8(10-3-2-6-16-10)14-11(15)9-7-12-4-5-13-9/h2-8H,1H3,(H,14,15). The van der Waals surface area contributed by atoms with Gasteiger partial charge in [-0.2, -0.15) is 0 Å². The van der Waals surface area contributed by atoms with Gasteiger partial charge in [-0.25, -0.2) is 4.98 Å². The molecule has 0 radical (unpaired) electrons. The molecule has 0 aliphatic rings. The van der Waals surface area contributed by atoms with E-state index in [0.29, 0.717) is 5.69 Å². The Hall–Kier alpha value is -1.75. The predicted molar refractivity (Wildman–Crippen MR) is 62.2 cm³/mol. The van der Waals surface area contributed by atoms with E-state index in [4.69, 9.17) is 0 Å². The van der Waals surface area contributed by atoms with E-state index >= 15 is 0 Å². The highest BCUT2D eigenvalue weighted by molar-refractivity contribution is 7.10. The third-order valence-corrected chi connectivity index (χ3v) is 3.17. The van der Waals surface area contributed by atoms with Crippen LogP contribution in [0.3, 0.4) is 0 Å². The van der Waals surface area contributed by atoms with Crippen LogP contribution >= 0.6 is 11.3 Å². The van der Waals surface area contributed by atoms with E-state index in [1.807, 2.05) is 24.4 Å². The van der Waals surface area contributed by atoms with Crippen LogP contribution in [0.5, 0.6) is 0 Å². The summed E-state index contributed by atoms with van der Waals surface area (Å²) < 4.78 is 0. The number of hydrogen-bond acceptors (Lipinski definition) is 4. The summed E-state index contributed by atoms with van der Waals surface area (Å²) in [5.74, 6) is -0.200. The molecule has 16 heavy (non-hydrogen) atoms. The van der Waals surface area contributed by atoms with Gasteiger partial charge in [-0.3, -0.25) is 9.78 Å². The first kappa shape index (κ1) is 10.8. The number of rotatable bonds is 3. The zero-order valence-corrected chi connectivity index (χ0v) is 9.57. The summed E-state index contributed by atoms with van der Waals surface area (Å²) >= 11 is 1.62. The van der Waals surface area contributed by atoms with Crippen LogP contribution in [0.4, 0.5) is 0 Å². The molecule has 0 aliphatic heterocycles. The minimum Gasteiger partial charge on any atom is -0.343 e. The average molecular weight is 233 g/mol. The molecule has 0 fully saturated rings. The number of nitrogens with zero attached hydrogens (tertiary/aromatic N) is 2. The average Bonchev–Trinajstić information content (AvgIpc) is 2.83. The zero-order chi connectivity index (χ0) is 11.4. The van der Waals surface area contributed by atoms with Gasteiger partial charge in [0.15, 0.2) is 0 Å². The summed E-state index contributed by atoms with van der Waals surface area (Å²) in [6.07, 6.45) is 4.50. The molecule has 4 nitrogen and oxygen atoms in total. The van der Waals surface area contributed by atoms with Crippen molar-refractivity contribution in [2.24, 2.45) is 0 Å². The molecule has 2 heterocycles. The van der Waals surface area contributed by atoms with Gasteiger partial charge < -0.3 is 5.32 Å². The molecule has 2 aromatic heterocycles. The highest BCUT2D eigenvalue weighted by Crippen LogP contribution is 2.18. The van der Waals surface area contributed by atoms with Gasteiger partial charge in [0.1, 0.15) is 5.69 Å². The molecule has 0 aromatic carbocycles. The Labute approximate surface area is 97.4 Å². The first-order valence-electron chi connectivity index (χ1n) is 4.87. The molecule has 1 atom stereocenters. The largest absolute Gasteiger partial charge is 0.343 e. The second kappa shape index (κ2) is 4.85. The number of carbonyl (C=O) groups is 1. The molecular weight excluding hydrogens is 222 g/mol. The Morgan fingerprint density at radius 2 is 2.38 bits per heavy atom. The maximum atomic E-state index is 11.7. The Morgan fingerprint density at radius 3 is 3.00 bits per heavy atom. The molecule has 1 N–H and O–H groups in total. The van der Waals surface area contributed by atoms with Crippen molar-refractivity contribution in [3.8, 4) is 0 Å². The van der Waals surface area contributed by atoms with Crippen molar-refractivity contribution in [1.29, 1.82) is 0 Å². The number of thiophene rings is 1. The van der Waals surface area contributed by atoms with Crippen molar-refractivity contribution in [1.82, 2.24) is 15.3 Å². The zero-order valence-electron chi connectivity index (χ0n) is 8.75. The third kappa shape index (κ3) is 2.43. The summed E-state index contributed by atoms with van der Waals surface area (Å²) in [5.41, 5.74) is 0.339. The minimum absolute atomic E-state index is 0.00509. The van der Waals surface area contributed by atoms with Crippen molar-refractivity contribution in [2.45, 2.75) is 13.0 Å². The molecule has 0 bridgehead atoms. The van der Waals surface area contributed by atoms with Gasteiger partial charge in [0.25, 0.3) is 5.91 Å². The van der Waals surface area contributed by atoms with Crippen LogP contribution in [0.25, 0.3) is 0 Å². The predicted octanol–water partition coefficient (Wildman–Crippen LogP) is 2.03. The van der Waals surface area contributed by atoms with E-state index in [1.165, 1.54) is 12.4 Å². The van der Waals surface area contributed by atoms with Crippen LogP contribution in [0.2, 0.25) is 0 Å². The number of aromatic nitrogens is 2. The van der Waals surface area contributed by atoms with Crippen LogP contribution in [0.1, 0.15) is 28.3 Å². The van der Waals surface area contributed by atoms with Crippen LogP contribution < -0.4 is 5.32 Å². The monoisotopic (exact) mass is 233 g/mol. The van der Waals surface area contributed by atoms with E-state index in [-0.39, 0.29) is 11.9 Å². The smallest absolute Gasteiger partial charge is 0.271 e. The van der Waals surface area contributed by atoms with E-state index in [1.54, 1.807) is 17.5 Å². The van der Waals surface area contributed by atoms with Crippen molar-refractivity contribution < 1.29 is 4.79 Å². The van der Waals surface area contributed by atoms with E-state index in [9.17, 15) is 4.79 Å². The molecule has 0 spiro atoms. The van der Waals surface area contributed by atoms with Crippen molar-refractivity contribution in [3.63, 3.8) is 0 Å². The normalized spacial score (nSPS) is 12.1. The lowest BCUT2D eigenvalue weighted by Gasteiger charge is -2.11. The molecule has 0 aliphatic carbocycles. The minimum atomic E-state index is -0.200. The first-order chi connectivity index (χ1) is 7.77. The van der Waals surface area contributed by atoms with E-state index < -0.39 is 0 Å². The van der Waals surface area contributed by atoms with E-state index in [0.717, 1.165) is 4.88 Å². The van der Waals surface area contributed by atoms with Crippen LogP contribution in [0.15, 0.2) is 36.1 Å². The summed E-state index contributed by atoms with van der Waals surface area (Å²) in [5, 5.41) is 4.85. The van der Waals surface area contributed by atoms with Gasteiger partial charge in [0.05, 0.1) is 12.2 Å². The van der Waals surface area contributed by atoms with Crippen LogP contribution in [0, 0.1) is 0 Å². The van der Waals surface area contributed by atoms with Gasteiger partial charge in [0, 0.05) is 17.3 Å². The topological polar surface area (TPSA) is 54.9 Å². The summed E-state index contributed by atoms with van der Waals surface area (Å²) in [4.78, 5) is 20.7. The second-order valence-corrected chi connectivity index (χ2v) is 4.28.